The summed E-state index contributed by atoms with van der Waals surface area (Å²) in [5, 5.41) is 43.2. The Hall–Kier alpha value is -0.950. The molecule has 0 aliphatic carbocycles. The van der Waals surface area contributed by atoms with Crippen LogP contribution in [0.1, 0.15) is 200 Å². The molecule has 45 heavy (non-hydrogen) atoms. The number of hydrogen-bond acceptors (Lipinski definition) is 5. The molecule has 0 aromatic carbocycles. The summed E-state index contributed by atoms with van der Waals surface area (Å²) in [4.78, 5) is 12.4. The minimum absolute atomic E-state index is 0.367. The Morgan fingerprint density at radius 3 is 1.33 bits per heavy atom. The largest absolute Gasteiger partial charge is 0.394 e. The average molecular weight is 640 g/mol. The summed E-state index contributed by atoms with van der Waals surface area (Å²) < 4.78 is 0. The van der Waals surface area contributed by atoms with E-state index in [-0.39, 0.29) is 0 Å². The van der Waals surface area contributed by atoms with Gasteiger partial charge in [0.25, 0.3) is 0 Å². The fourth-order valence-electron chi connectivity index (χ4n) is 6.05. The van der Waals surface area contributed by atoms with Crippen LogP contribution in [-0.4, -0.2) is 57.3 Å². The summed E-state index contributed by atoms with van der Waals surface area (Å²) >= 11 is 0. The average Bonchev–Trinajstić information content (AvgIpc) is 3.04. The number of amides is 1. The lowest BCUT2D eigenvalue weighted by Gasteiger charge is -2.27. The van der Waals surface area contributed by atoms with Crippen LogP contribution < -0.4 is 5.32 Å². The van der Waals surface area contributed by atoms with Crippen molar-refractivity contribution in [2.24, 2.45) is 0 Å². The third kappa shape index (κ3) is 29.0. The molecular formula is C39H77NO5. The molecule has 0 saturated heterocycles. The topological polar surface area (TPSA) is 110 Å². The molecule has 0 rings (SSSR count). The van der Waals surface area contributed by atoms with Gasteiger partial charge in [0.1, 0.15) is 12.2 Å². The monoisotopic (exact) mass is 640 g/mol. The zero-order chi connectivity index (χ0) is 33.2. The summed E-state index contributed by atoms with van der Waals surface area (Å²) in [5.41, 5.74) is 0. The predicted molar refractivity (Wildman–Crippen MR) is 191 cm³/mol. The minimum Gasteiger partial charge on any atom is -0.394 e. The number of nitrogens with one attached hydrogen (secondary N) is 1. The summed E-state index contributed by atoms with van der Waals surface area (Å²) in [6, 6.07) is -0.994. The van der Waals surface area contributed by atoms with Crippen LogP contribution in [0.25, 0.3) is 0 Å². The van der Waals surface area contributed by atoms with Crippen molar-refractivity contribution >= 4 is 5.91 Å². The number of carbonyl (C=O) groups excluding carboxylic acids is 1. The van der Waals surface area contributed by atoms with Gasteiger partial charge in [-0.05, 0) is 38.5 Å². The van der Waals surface area contributed by atoms with Crippen molar-refractivity contribution in [3.8, 4) is 0 Å². The lowest BCUT2D eigenvalue weighted by Crippen LogP contribution is -2.53. The van der Waals surface area contributed by atoms with Crippen LogP contribution in [0.2, 0.25) is 0 Å². The normalized spacial score (nSPS) is 14.5. The van der Waals surface area contributed by atoms with Crippen LogP contribution in [0.15, 0.2) is 12.2 Å². The van der Waals surface area contributed by atoms with Crippen molar-refractivity contribution in [3.05, 3.63) is 12.2 Å². The summed E-state index contributed by atoms with van der Waals surface area (Å²) in [6.07, 6.45) is 35.5. The molecular weight excluding hydrogens is 562 g/mol. The first-order valence-corrected chi connectivity index (χ1v) is 19.6. The second kappa shape index (κ2) is 34.4. The molecule has 0 aliphatic heterocycles. The molecule has 1 amide bonds. The van der Waals surface area contributed by atoms with E-state index >= 15 is 0 Å². The number of aliphatic hydroxyl groups is 4. The Morgan fingerprint density at radius 2 is 0.911 bits per heavy atom. The van der Waals surface area contributed by atoms with Gasteiger partial charge in [0.15, 0.2) is 0 Å². The molecule has 6 nitrogen and oxygen atoms in total. The fourth-order valence-corrected chi connectivity index (χ4v) is 6.05. The highest BCUT2D eigenvalue weighted by Gasteiger charge is 2.28. The number of hydrogen-bond donors (Lipinski definition) is 5. The van der Waals surface area contributed by atoms with Gasteiger partial charge in [-0.15, -0.1) is 0 Å². The van der Waals surface area contributed by atoms with Gasteiger partial charge in [-0.2, -0.15) is 0 Å². The van der Waals surface area contributed by atoms with Crippen molar-refractivity contribution in [2.75, 3.05) is 6.61 Å². The maximum atomic E-state index is 12.4. The van der Waals surface area contributed by atoms with E-state index in [1.54, 1.807) is 0 Å². The molecule has 5 N–H and O–H groups in total. The Morgan fingerprint density at radius 1 is 0.533 bits per heavy atom. The third-order valence-electron chi connectivity index (χ3n) is 9.23. The second-order valence-electron chi connectivity index (χ2n) is 13.6. The van der Waals surface area contributed by atoms with Crippen LogP contribution in [-0.2, 0) is 4.79 Å². The molecule has 0 aliphatic rings. The maximum Gasteiger partial charge on any atom is 0.249 e. The van der Waals surface area contributed by atoms with Crippen molar-refractivity contribution < 1.29 is 25.2 Å². The molecule has 268 valence electrons. The first-order valence-electron chi connectivity index (χ1n) is 19.6. The highest BCUT2D eigenvalue weighted by atomic mass is 16.3. The van der Waals surface area contributed by atoms with E-state index in [0.717, 1.165) is 38.5 Å². The number of unbranched alkanes of at least 4 members (excludes halogenated alkanes) is 24. The van der Waals surface area contributed by atoms with Gasteiger partial charge in [-0.1, -0.05) is 174 Å². The number of allylic oxidation sites excluding steroid dienone is 2. The predicted octanol–water partition coefficient (Wildman–Crippen LogP) is 9.46. The van der Waals surface area contributed by atoms with Crippen molar-refractivity contribution in [2.45, 2.75) is 224 Å². The van der Waals surface area contributed by atoms with Gasteiger partial charge >= 0.3 is 0 Å². The van der Waals surface area contributed by atoms with Crippen LogP contribution in [0.3, 0.4) is 0 Å². The van der Waals surface area contributed by atoms with E-state index in [4.69, 9.17) is 0 Å². The van der Waals surface area contributed by atoms with E-state index in [0.29, 0.717) is 12.8 Å². The molecule has 0 radical (unpaired) electrons. The first kappa shape index (κ1) is 44.0. The molecule has 2 unspecified atom stereocenters. The van der Waals surface area contributed by atoms with Crippen LogP contribution in [0.4, 0.5) is 0 Å². The first-order chi connectivity index (χ1) is 22.0. The number of aliphatic hydroxyl groups excluding tert-OH is 4. The van der Waals surface area contributed by atoms with E-state index in [1.807, 2.05) is 0 Å². The molecule has 0 aromatic heterocycles. The Bertz CT molecular complexity index is 643. The lowest BCUT2D eigenvalue weighted by atomic mass is 10.00. The Labute approximate surface area is 279 Å². The zero-order valence-electron chi connectivity index (χ0n) is 29.9. The van der Waals surface area contributed by atoms with Crippen molar-refractivity contribution in [3.63, 3.8) is 0 Å². The molecule has 0 bridgehead atoms. The molecule has 0 fully saturated rings. The van der Waals surface area contributed by atoms with E-state index in [9.17, 15) is 25.2 Å². The quantitative estimate of drug-likeness (QED) is 0.0350. The summed E-state index contributed by atoms with van der Waals surface area (Å²) in [6.45, 7) is 3.97. The third-order valence-corrected chi connectivity index (χ3v) is 9.23. The van der Waals surface area contributed by atoms with E-state index in [2.05, 4.69) is 31.3 Å². The summed E-state index contributed by atoms with van der Waals surface area (Å²) in [5.74, 6) is -0.594. The molecule has 0 heterocycles. The zero-order valence-corrected chi connectivity index (χ0v) is 29.9. The maximum absolute atomic E-state index is 12.4. The lowest BCUT2D eigenvalue weighted by molar-refractivity contribution is -0.132. The number of carbonyl (C=O) groups is 1. The Balaban J connectivity index is 3.68. The summed E-state index contributed by atoms with van der Waals surface area (Å²) in [7, 11) is 0. The van der Waals surface area contributed by atoms with Crippen molar-refractivity contribution in [1.29, 1.82) is 0 Å². The number of rotatable bonds is 35. The van der Waals surface area contributed by atoms with Gasteiger partial charge in [0.2, 0.25) is 5.91 Å². The molecule has 4 atom stereocenters. The van der Waals surface area contributed by atoms with Crippen LogP contribution >= 0.6 is 0 Å². The van der Waals surface area contributed by atoms with Gasteiger partial charge in [-0.25, -0.2) is 0 Å². The molecule has 0 saturated carbocycles. The van der Waals surface area contributed by atoms with Crippen LogP contribution in [0.5, 0.6) is 0 Å². The fraction of sp³-hybridized carbons (Fsp3) is 0.923. The van der Waals surface area contributed by atoms with Gasteiger partial charge in [0, 0.05) is 0 Å². The highest BCUT2D eigenvalue weighted by Crippen LogP contribution is 2.16. The molecule has 0 spiro atoms. The smallest absolute Gasteiger partial charge is 0.249 e. The highest BCUT2D eigenvalue weighted by molar-refractivity contribution is 5.80. The minimum atomic E-state index is -1.27. The molecule has 6 heteroatoms. The van der Waals surface area contributed by atoms with E-state index in [1.165, 1.54) is 135 Å². The van der Waals surface area contributed by atoms with Crippen LogP contribution in [0, 0.1) is 0 Å². The van der Waals surface area contributed by atoms with Gasteiger partial charge in [0.05, 0.1) is 18.8 Å². The molecule has 0 aromatic rings. The standard InChI is InChI=1S/C39H77NO5/c1-3-5-7-9-11-13-14-15-16-17-18-19-20-21-22-23-24-25-27-29-31-33-37(43)39(45)40-35(34-41)38(44)36(42)32-30-28-26-12-10-8-6-4-2/h12,26,35-38,41-44H,3-11,13-25,27-34H2,1-2H3,(H,40,45)/b26-12+/t35?,36?,37-,38+/m1/s1. The SMILES string of the molecule is CCCCC/C=C/CCCC(O)[C@@H](O)C(CO)NC(=O)[C@H](O)CCCCCCCCCCCCCCCCCCCCCCC. The van der Waals surface area contributed by atoms with Gasteiger partial charge in [-0.3, -0.25) is 4.79 Å². The van der Waals surface area contributed by atoms with Crippen molar-refractivity contribution in [1.82, 2.24) is 5.32 Å². The second-order valence-corrected chi connectivity index (χ2v) is 13.6. The Kier molecular flexibility index (Phi) is 33.7. The van der Waals surface area contributed by atoms with E-state index < -0.39 is 36.9 Å². The van der Waals surface area contributed by atoms with Gasteiger partial charge < -0.3 is 25.7 Å².